The van der Waals surface area contributed by atoms with Crippen molar-refractivity contribution in [3.63, 3.8) is 0 Å². The lowest BCUT2D eigenvalue weighted by Crippen LogP contribution is -2.53. The van der Waals surface area contributed by atoms with E-state index in [2.05, 4.69) is 21.3 Å². The van der Waals surface area contributed by atoms with Gasteiger partial charge in [-0.25, -0.2) is 14.9 Å². The maximum Gasteiger partial charge on any atom is 0.328 e. The van der Waals surface area contributed by atoms with Gasteiger partial charge in [0.1, 0.15) is 12.1 Å². The van der Waals surface area contributed by atoms with Gasteiger partial charge >= 0.3 is 5.97 Å². The number of carboxylic acids is 1. The zero-order chi connectivity index (χ0) is 34.1. The van der Waals surface area contributed by atoms with E-state index < -0.39 is 78.1 Å². The second kappa shape index (κ2) is 19.3. The summed E-state index contributed by atoms with van der Waals surface area (Å²) < 4.78 is 0. The number of para-hydroxylation sites is 1. The maximum absolute atomic E-state index is 12.8. The molecule has 0 aliphatic heterocycles. The SMILES string of the molecule is CC(=O)N(O)CCC[C@H](NC(=O)CCCCCNC(=O)c1cccc(O)c1O)C(=O)NCC(=O)N[C@@H](CN(O)C(C)=O)C(=O)O. The Morgan fingerprint density at radius 2 is 1.44 bits per heavy atom. The van der Waals surface area contributed by atoms with Gasteiger partial charge in [-0.15, -0.1) is 0 Å². The first kappa shape index (κ1) is 38.1. The van der Waals surface area contributed by atoms with E-state index in [9.17, 15) is 59.3 Å². The molecule has 0 unspecified atom stereocenters. The molecule has 45 heavy (non-hydrogen) atoms. The van der Waals surface area contributed by atoms with Crippen LogP contribution in [-0.4, -0.2) is 116 Å². The van der Waals surface area contributed by atoms with Crippen LogP contribution in [0.4, 0.5) is 0 Å². The number of nitrogens with zero attached hydrogens (tertiary/aromatic N) is 2. The number of benzene rings is 1. The number of carbonyl (C=O) groups is 7. The van der Waals surface area contributed by atoms with Crippen LogP contribution in [0.5, 0.6) is 11.5 Å². The van der Waals surface area contributed by atoms with Gasteiger partial charge in [0.25, 0.3) is 5.91 Å². The standard InChI is InChI=1S/C27H40N6O12/c1-16(34)32(44)13-7-9-19(26(41)29-14-23(38)31-20(27(42)43)15-33(45)17(2)35)30-22(37)11-4-3-5-12-28-25(40)18-8-6-10-21(36)24(18)39/h6,8,10,19-20,36,39,44-45H,3-5,7,9,11-15H2,1-2H3,(H,28,40)(H,29,41)(H,30,37)(H,31,38)(H,42,43)/t19-,20-/m0/s1. The third kappa shape index (κ3) is 14.4. The molecule has 9 N–H and O–H groups in total. The Balaban J connectivity index is 2.61. The van der Waals surface area contributed by atoms with Crippen LogP contribution < -0.4 is 21.3 Å². The molecule has 18 heteroatoms. The molecule has 18 nitrogen and oxygen atoms in total. The minimum Gasteiger partial charge on any atom is -0.504 e. The molecule has 1 rings (SSSR count). The molecule has 1 aromatic carbocycles. The van der Waals surface area contributed by atoms with Gasteiger partial charge in [-0.2, -0.15) is 0 Å². The van der Waals surface area contributed by atoms with E-state index in [1.54, 1.807) is 0 Å². The number of carbonyl (C=O) groups excluding carboxylic acids is 6. The number of hydrogen-bond donors (Lipinski definition) is 9. The van der Waals surface area contributed by atoms with Crippen molar-refractivity contribution in [2.45, 2.75) is 64.5 Å². The Morgan fingerprint density at radius 1 is 0.800 bits per heavy atom. The lowest BCUT2D eigenvalue weighted by atomic mass is 10.1. The fourth-order valence-corrected chi connectivity index (χ4v) is 3.76. The van der Waals surface area contributed by atoms with Crippen molar-refractivity contribution in [1.29, 1.82) is 0 Å². The Hall–Kier alpha value is -4.97. The topological polar surface area (TPSA) is 275 Å². The van der Waals surface area contributed by atoms with Crippen LogP contribution in [0.25, 0.3) is 0 Å². The minimum atomic E-state index is -1.67. The van der Waals surface area contributed by atoms with Gasteiger partial charge in [0, 0.05) is 33.4 Å². The summed E-state index contributed by atoms with van der Waals surface area (Å²) in [6.45, 7) is 0.745. The van der Waals surface area contributed by atoms with Crippen LogP contribution in [0, 0.1) is 0 Å². The number of aliphatic carboxylic acids is 1. The molecule has 0 saturated heterocycles. The number of phenols is 2. The molecule has 0 heterocycles. The molecular formula is C27H40N6O12. The molecule has 6 amide bonds. The highest BCUT2D eigenvalue weighted by atomic mass is 16.5. The number of hydrogen-bond acceptors (Lipinski definition) is 11. The van der Waals surface area contributed by atoms with E-state index >= 15 is 0 Å². The largest absolute Gasteiger partial charge is 0.504 e. The van der Waals surface area contributed by atoms with E-state index in [0.29, 0.717) is 24.3 Å². The minimum absolute atomic E-state index is 0.000764. The normalized spacial score (nSPS) is 11.8. The predicted octanol–water partition coefficient (Wildman–Crippen LogP) is -1.19. The number of phenolic OH excluding ortho intramolecular Hbond substituents is 2. The summed E-state index contributed by atoms with van der Waals surface area (Å²) >= 11 is 0. The third-order valence-electron chi connectivity index (χ3n) is 6.28. The Kier molecular flexibility index (Phi) is 16.4. The van der Waals surface area contributed by atoms with E-state index in [1.807, 2.05) is 0 Å². The molecule has 0 aliphatic carbocycles. The van der Waals surface area contributed by atoms with Crippen LogP contribution in [-0.2, 0) is 28.8 Å². The van der Waals surface area contributed by atoms with Crippen molar-refractivity contribution in [3.05, 3.63) is 23.8 Å². The number of carboxylic acid groups (broad SMARTS) is 1. The summed E-state index contributed by atoms with van der Waals surface area (Å²) in [6.07, 6.45) is 1.42. The molecule has 0 fully saturated rings. The van der Waals surface area contributed by atoms with Gasteiger partial charge in [0.2, 0.25) is 29.5 Å². The summed E-state index contributed by atoms with van der Waals surface area (Å²) in [6, 6.07) is 1.14. The zero-order valence-corrected chi connectivity index (χ0v) is 24.9. The average molecular weight is 641 g/mol. The van der Waals surface area contributed by atoms with Crippen LogP contribution >= 0.6 is 0 Å². The molecule has 0 bridgehead atoms. The van der Waals surface area contributed by atoms with E-state index in [4.69, 9.17) is 0 Å². The molecule has 0 spiro atoms. The van der Waals surface area contributed by atoms with Crippen molar-refractivity contribution >= 4 is 41.4 Å². The lowest BCUT2D eigenvalue weighted by molar-refractivity contribution is -0.167. The monoisotopic (exact) mass is 640 g/mol. The summed E-state index contributed by atoms with van der Waals surface area (Å²) in [7, 11) is 0. The quantitative estimate of drug-likeness (QED) is 0.0374. The average Bonchev–Trinajstić information content (AvgIpc) is 2.97. The highest BCUT2D eigenvalue weighted by molar-refractivity contribution is 5.97. The van der Waals surface area contributed by atoms with Gasteiger partial charge in [0.05, 0.1) is 18.7 Å². The first-order valence-electron chi connectivity index (χ1n) is 14.0. The molecule has 0 aliphatic rings. The molecular weight excluding hydrogens is 600 g/mol. The molecule has 0 saturated carbocycles. The molecule has 250 valence electrons. The molecule has 2 atom stereocenters. The van der Waals surface area contributed by atoms with Crippen LogP contribution in [0.1, 0.15) is 62.7 Å². The number of amides is 6. The van der Waals surface area contributed by atoms with E-state index in [0.717, 1.165) is 13.8 Å². The summed E-state index contributed by atoms with van der Waals surface area (Å²) in [5.74, 6) is -6.85. The van der Waals surface area contributed by atoms with Gasteiger partial charge in [-0.05, 0) is 37.8 Å². The first-order chi connectivity index (χ1) is 21.1. The predicted molar refractivity (Wildman–Crippen MR) is 153 cm³/mol. The second-order valence-electron chi connectivity index (χ2n) is 9.92. The number of nitrogens with one attached hydrogen (secondary N) is 4. The van der Waals surface area contributed by atoms with Crippen molar-refractivity contribution < 1.29 is 59.3 Å². The van der Waals surface area contributed by atoms with Crippen molar-refractivity contribution in [1.82, 2.24) is 31.4 Å². The van der Waals surface area contributed by atoms with Crippen molar-refractivity contribution in [3.8, 4) is 11.5 Å². The second-order valence-corrected chi connectivity index (χ2v) is 9.92. The van der Waals surface area contributed by atoms with Crippen LogP contribution in [0.15, 0.2) is 18.2 Å². The van der Waals surface area contributed by atoms with Crippen molar-refractivity contribution in [2.24, 2.45) is 0 Å². The van der Waals surface area contributed by atoms with Crippen LogP contribution in [0.3, 0.4) is 0 Å². The summed E-state index contributed by atoms with van der Waals surface area (Å²) in [5, 5.41) is 57.5. The summed E-state index contributed by atoms with van der Waals surface area (Å²) in [4.78, 5) is 83.5. The molecule has 1 aromatic rings. The highest BCUT2D eigenvalue weighted by Gasteiger charge is 2.26. The van der Waals surface area contributed by atoms with Crippen LogP contribution in [0.2, 0.25) is 0 Å². The summed E-state index contributed by atoms with van der Waals surface area (Å²) in [5.41, 5.74) is -0.0877. The smallest absolute Gasteiger partial charge is 0.328 e. The van der Waals surface area contributed by atoms with Gasteiger partial charge in [-0.3, -0.25) is 39.2 Å². The molecule has 0 aromatic heterocycles. The number of hydroxylamine groups is 4. The van der Waals surface area contributed by atoms with Gasteiger partial charge < -0.3 is 36.6 Å². The maximum atomic E-state index is 12.8. The fourth-order valence-electron chi connectivity index (χ4n) is 3.76. The fraction of sp³-hybridized carbons (Fsp3) is 0.519. The van der Waals surface area contributed by atoms with Crippen molar-refractivity contribution in [2.75, 3.05) is 26.2 Å². The number of rotatable bonds is 19. The van der Waals surface area contributed by atoms with E-state index in [-0.39, 0.29) is 43.0 Å². The molecule has 0 radical (unpaired) electrons. The Labute approximate surface area is 258 Å². The van der Waals surface area contributed by atoms with Gasteiger partial charge in [0.15, 0.2) is 11.5 Å². The third-order valence-corrected chi connectivity index (χ3v) is 6.28. The number of unbranched alkanes of at least 4 members (excludes halogenated alkanes) is 2. The zero-order valence-electron chi connectivity index (χ0n) is 24.9. The highest BCUT2D eigenvalue weighted by Crippen LogP contribution is 2.27. The van der Waals surface area contributed by atoms with Gasteiger partial charge in [-0.1, -0.05) is 12.5 Å². The lowest BCUT2D eigenvalue weighted by Gasteiger charge is -2.21. The Morgan fingerprint density at radius 3 is 2.07 bits per heavy atom. The van der Waals surface area contributed by atoms with E-state index in [1.165, 1.54) is 18.2 Å². The number of aromatic hydroxyl groups is 2. The first-order valence-corrected chi connectivity index (χ1v) is 14.0. The Bertz CT molecular complexity index is 1230.